The molecule has 1 amide bonds. The van der Waals surface area contributed by atoms with Crippen molar-refractivity contribution in [1.29, 1.82) is 0 Å². The Hall–Kier alpha value is -3.29. The van der Waals surface area contributed by atoms with Crippen LogP contribution in [0.2, 0.25) is 0 Å². The summed E-state index contributed by atoms with van der Waals surface area (Å²) in [4.78, 5) is 12.5. The predicted octanol–water partition coefficient (Wildman–Crippen LogP) is 3.13. The van der Waals surface area contributed by atoms with Crippen LogP contribution in [0.1, 0.15) is 47.3 Å². The predicted molar refractivity (Wildman–Crippen MR) is 103 cm³/mol. The molecule has 0 saturated carbocycles. The molecule has 3 heterocycles. The van der Waals surface area contributed by atoms with E-state index in [9.17, 15) is 4.79 Å². The van der Waals surface area contributed by atoms with E-state index in [4.69, 9.17) is 9.47 Å². The third kappa shape index (κ3) is 3.21. The summed E-state index contributed by atoms with van der Waals surface area (Å²) in [6.45, 7) is 8.76. The van der Waals surface area contributed by atoms with Crippen LogP contribution in [-0.4, -0.2) is 32.7 Å². The molecule has 0 spiro atoms. The number of aromatic nitrogens is 4. The normalized spacial score (nSPS) is 12.6. The van der Waals surface area contributed by atoms with Gasteiger partial charge in [-0.15, -0.1) is 0 Å². The lowest BCUT2D eigenvalue weighted by molar-refractivity contribution is 0.0946. The smallest absolute Gasteiger partial charge is 0.269 e. The molecular weight excluding hydrogens is 358 g/mol. The van der Waals surface area contributed by atoms with Gasteiger partial charge in [0.2, 0.25) is 6.79 Å². The van der Waals surface area contributed by atoms with E-state index in [1.807, 2.05) is 36.7 Å². The van der Waals surface area contributed by atoms with E-state index in [2.05, 4.69) is 34.5 Å². The van der Waals surface area contributed by atoms with Crippen LogP contribution in [0.5, 0.6) is 11.5 Å². The van der Waals surface area contributed by atoms with Crippen molar-refractivity contribution in [2.24, 2.45) is 0 Å². The molecule has 2 N–H and O–H groups in total. The van der Waals surface area contributed by atoms with Gasteiger partial charge in [-0.2, -0.15) is 10.2 Å². The summed E-state index contributed by atoms with van der Waals surface area (Å²) in [5.41, 5.74) is 4.94. The lowest BCUT2D eigenvalue weighted by atomic mass is 10.1. The summed E-state index contributed by atoms with van der Waals surface area (Å²) in [5.74, 6) is 1.20. The van der Waals surface area contributed by atoms with Crippen molar-refractivity contribution in [3.05, 3.63) is 46.9 Å². The van der Waals surface area contributed by atoms with Crippen molar-refractivity contribution in [3.8, 4) is 22.8 Å². The lowest BCUT2D eigenvalue weighted by Crippen LogP contribution is -2.23. The molecule has 0 atom stereocenters. The van der Waals surface area contributed by atoms with E-state index < -0.39 is 0 Å². The molecule has 28 heavy (non-hydrogen) atoms. The minimum atomic E-state index is -0.219. The van der Waals surface area contributed by atoms with Gasteiger partial charge in [-0.05, 0) is 51.5 Å². The number of benzene rings is 1. The molecule has 146 valence electrons. The molecule has 0 saturated heterocycles. The van der Waals surface area contributed by atoms with Gasteiger partial charge in [-0.25, -0.2) is 0 Å². The topological polar surface area (TPSA) is 94.1 Å². The number of aromatic amines is 1. The van der Waals surface area contributed by atoms with Gasteiger partial charge in [-0.1, -0.05) is 6.07 Å². The van der Waals surface area contributed by atoms with Crippen LogP contribution in [0.15, 0.2) is 24.3 Å². The molecule has 3 aromatic rings. The molecule has 0 fully saturated rings. The van der Waals surface area contributed by atoms with E-state index in [0.717, 1.165) is 34.0 Å². The third-order valence-electron chi connectivity index (χ3n) is 4.78. The molecule has 0 aliphatic carbocycles. The van der Waals surface area contributed by atoms with Crippen LogP contribution >= 0.6 is 0 Å². The number of hydrogen-bond donors (Lipinski definition) is 2. The Morgan fingerprint density at radius 1 is 1.25 bits per heavy atom. The van der Waals surface area contributed by atoms with Gasteiger partial charge in [0.15, 0.2) is 11.5 Å². The van der Waals surface area contributed by atoms with Crippen LogP contribution in [0, 0.1) is 13.8 Å². The Kier molecular flexibility index (Phi) is 4.54. The lowest BCUT2D eigenvalue weighted by Gasteiger charge is -2.07. The summed E-state index contributed by atoms with van der Waals surface area (Å²) in [5, 5.41) is 14.6. The molecule has 0 bridgehead atoms. The molecule has 0 unspecified atom stereocenters. The van der Waals surface area contributed by atoms with Gasteiger partial charge < -0.3 is 14.8 Å². The molecular formula is C20H23N5O3. The highest BCUT2D eigenvalue weighted by molar-refractivity contribution is 5.93. The summed E-state index contributed by atoms with van der Waals surface area (Å²) < 4.78 is 12.6. The summed E-state index contributed by atoms with van der Waals surface area (Å²) in [7, 11) is 0. The molecule has 1 aliphatic rings. The Bertz CT molecular complexity index is 1030. The zero-order chi connectivity index (χ0) is 19.8. The summed E-state index contributed by atoms with van der Waals surface area (Å²) in [6, 6.07) is 7.64. The second-order valence-electron chi connectivity index (χ2n) is 7.12. The molecule has 1 aromatic carbocycles. The number of carbonyl (C=O) groups is 1. The number of rotatable bonds is 5. The van der Waals surface area contributed by atoms with Crippen LogP contribution in [0.3, 0.4) is 0 Å². The fraction of sp³-hybridized carbons (Fsp3) is 0.350. The second kappa shape index (κ2) is 7.03. The van der Waals surface area contributed by atoms with Crippen molar-refractivity contribution in [2.75, 3.05) is 6.79 Å². The number of H-pyrrole nitrogens is 1. The molecule has 0 radical (unpaired) electrons. The number of nitrogens with one attached hydrogen (secondary N) is 2. The average Bonchev–Trinajstić information content (AvgIpc) is 3.38. The van der Waals surface area contributed by atoms with Gasteiger partial charge in [0.05, 0.1) is 11.4 Å². The first-order valence-corrected chi connectivity index (χ1v) is 9.22. The van der Waals surface area contributed by atoms with Crippen molar-refractivity contribution in [3.63, 3.8) is 0 Å². The number of ether oxygens (including phenoxy) is 2. The van der Waals surface area contributed by atoms with Crippen LogP contribution < -0.4 is 14.8 Å². The number of nitrogens with zero attached hydrogens (tertiary/aromatic N) is 3. The second-order valence-corrected chi connectivity index (χ2v) is 7.12. The van der Waals surface area contributed by atoms with E-state index >= 15 is 0 Å². The highest BCUT2D eigenvalue weighted by Gasteiger charge is 2.19. The first-order chi connectivity index (χ1) is 13.4. The average molecular weight is 381 g/mol. The van der Waals surface area contributed by atoms with Crippen molar-refractivity contribution in [1.82, 2.24) is 25.3 Å². The number of aryl methyl sites for hydroxylation is 1. The maximum Gasteiger partial charge on any atom is 0.269 e. The zero-order valence-corrected chi connectivity index (χ0v) is 16.4. The van der Waals surface area contributed by atoms with Gasteiger partial charge in [0.1, 0.15) is 5.69 Å². The van der Waals surface area contributed by atoms with Crippen LogP contribution in [-0.2, 0) is 6.54 Å². The molecule has 2 aromatic heterocycles. The standard InChI is InChI=1S/C20H23N5O3/c1-11(2)25-13(4)19(12(3)24-25)15-8-16(23-22-15)20(26)21-9-14-5-6-17-18(7-14)28-10-27-17/h5-8,11H,9-10H2,1-4H3,(H,21,26)(H,22,23). The quantitative estimate of drug-likeness (QED) is 0.708. The maximum atomic E-state index is 12.5. The minimum Gasteiger partial charge on any atom is -0.454 e. The van der Waals surface area contributed by atoms with Gasteiger partial charge in [0.25, 0.3) is 5.91 Å². The molecule has 8 nitrogen and oxygen atoms in total. The Morgan fingerprint density at radius 3 is 2.79 bits per heavy atom. The molecule has 1 aliphatic heterocycles. The van der Waals surface area contributed by atoms with Crippen LogP contribution in [0.4, 0.5) is 0 Å². The van der Waals surface area contributed by atoms with Gasteiger partial charge in [0, 0.05) is 23.8 Å². The van der Waals surface area contributed by atoms with E-state index in [1.165, 1.54) is 0 Å². The fourth-order valence-electron chi connectivity index (χ4n) is 3.43. The summed E-state index contributed by atoms with van der Waals surface area (Å²) >= 11 is 0. The highest BCUT2D eigenvalue weighted by atomic mass is 16.7. The Labute approximate surface area is 162 Å². The largest absolute Gasteiger partial charge is 0.454 e. The van der Waals surface area contributed by atoms with E-state index in [-0.39, 0.29) is 18.7 Å². The number of amides is 1. The van der Waals surface area contributed by atoms with Crippen molar-refractivity contribution >= 4 is 5.91 Å². The first-order valence-electron chi connectivity index (χ1n) is 9.22. The van der Waals surface area contributed by atoms with Crippen molar-refractivity contribution < 1.29 is 14.3 Å². The monoisotopic (exact) mass is 381 g/mol. The zero-order valence-electron chi connectivity index (χ0n) is 16.4. The van der Waals surface area contributed by atoms with E-state index in [0.29, 0.717) is 18.0 Å². The maximum absolute atomic E-state index is 12.5. The minimum absolute atomic E-state index is 0.219. The first kappa shape index (κ1) is 18.1. The number of fused-ring (bicyclic) bond motifs is 1. The Morgan fingerprint density at radius 2 is 2.04 bits per heavy atom. The Balaban J connectivity index is 1.48. The highest BCUT2D eigenvalue weighted by Crippen LogP contribution is 2.32. The molecule has 4 rings (SSSR count). The van der Waals surface area contributed by atoms with Crippen LogP contribution in [0.25, 0.3) is 11.3 Å². The van der Waals surface area contributed by atoms with Gasteiger partial charge >= 0.3 is 0 Å². The number of carbonyl (C=O) groups excluding carboxylic acids is 1. The number of hydrogen-bond acceptors (Lipinski definition) is 5. The van der Waals surface area contributed by atoms with E-state index in [1.54, 1.807) is 6.07 Å². The summed E-state index contributed by atoms with van der Waals surface area (Å²) in [6.07, 6.45) is 0. The third-order valence-corrected chi connectivity index (χ3v) is 4.78. The van der Waals surface area contributed by atoms with Crippen molar-refractivity contribution in [2.45, 2.75) is 40.3 Å². The fourth-order valence-corrected chi connectivity index (χ4v) is 3.43. The van der Waals surface area contributed by atoms with Gasteiger partial charge in [-0.3, -0.25) is 14.6 Å². The molecule has 8 heteroatoms. The SMILES string of the molecule is Cc1nn(C(C)C)c(C)c1-c1cc(C(=O)NCc2ccc3c(c2)OCO3)[nH]n1.